The lowest BCUT2D eigenvalue weighted by Gasteiger charge is -2.32. The van der Waals surface area contributed by atoms with Crippen molar-refractivity contribution in [1.29, 1.82) is 0 Å². The van der Waals surface area contributed by atoms with Crippen molar-refractivity contribution in [2.24, 2.45) is 0 Å². The van der Waals surface area contributed by atoms with Crippen LogP contribution in [0.3, 0.4) is 0 Å². The number of benzene rings is 1. The molecule has 22 heavy (non-hydrogen) atoms. The van der Waals surface area contributed by atoms with Gasteiger partial charge in [0.25, 0.3) is 0 Å². The van der Waals surface area contributed by atoms with E-state index in [4.69, 9.17) is 0 Å². The van der Waals surface area contributed by atoms with Crippen LogP contribution in [0.5, 0.6) is 5.75 Å². The molecule has 1 aromatic heterocycles. The average Bonchev–Trinajstić information content (AvgIpc) is 3.08. The number of hydrogen-bond donors (Lipinski definition) is 2. The number of hydrogen-bond acceptors (Lipinski definition) is 5. The van der Waals surface area contributed by atoms with Crippen LogP contribution in [0.15, 0.2) is 35.8 Å². The molecule has 2 heterocycles. The predicted octanol–water partition coefficient (Wildman–Crippen LogP) is 3.04. The van der Waals surface area contributed by atoms with Gasteiger partial charge in [-0.2, -0.15) is 0 Å². The fraction of sp³-hybridized carbons (Fsp3) is 0.471. The maximum Gasteiger partial charge on any atom is 0.185 e. The Hall–Kier alpha value is -1.59. The number of piperidine rings is 1. The predicted molar refractivity (Wildman–Crippen MR) is 91.8 cm³/mol. The third kappa shape index (κ3) is 4.21. The van der Waals surface area contributed by atoms with E-state index in [1.165, 1.54) is 18.4 Å². The minimum Gasteiger partial charge on any atom is -0.508 e. The molecule has 1 saturated heterocycles. The molecule has 0 bridgehead atoms. The maximum atomic E-state index is 9.27. The van der Waals surface area contributed by atoms with Gasteiger partial charge in [-0.15, -0.1) is 11.3 Å². The molecule has 0 amide bonds. The number of aromatic hydroxyl groups is 1. The van der Waals surface area contributed by atoms with Gasteiger partial charge in [0.05, 0.1) is 0 Å². The fourth-order valence-corrected chi connectivity index (χ4v) is 3.61. The standard InChI is InChI=1S/C17H23N3OS/c21-16-5-3-14(4-6-16)2-1-9-18-15-7-11-20(12-8-15)17-19-10-13-22-17/h3-6,10,13,15,18,21H,1-2,7-9,11-12H2. The molecular weight excluding hydrogens is 294 g/mol. The van der Waals surface area contributed by atoms with Gasteiger partial charge in [-0.05, 0) is 49.9 Å². The molecule has 2 aromatic rings. The molecule has 1 aliphatic heterocycles. The number of phenols is 1. The highest BCUT2D eigenvalue weighted by Crippen LogP contribution is 2.21. The largest absolute Gasteiger partial charge is 0.508 e. The summed E-state index contributed by atoms with van der Waals surface area (Å²) in [7, 11) is 0. The minimum atomic E-state index is 0.342. The Morgan fingerprint density at radius 3 is 2.68 bits per heavy atom. The molecular formula is C17H23N3OS. The first-order valence-corrected chi connectivity index (χ1v) is 8.85. The third-order valence-electron chi connectivity index (χ3n) is 4.20. The van der Waals surface area contributed by atoms with E-state index >= 15 is 0 Å². The number of aryl methyl sites for hydroxylation is 1. The zero-order chi connectivity index (χ0) is 15.2. The van der Waals surface area contributed by atoms with Crippen molar-refractivity contribution in [3.05, 3.63) is 41.4 Å². The molecule has 1 aromatic carbocycles. The smallest absolute Gasteiger partial charge is 0.185 e. The van der Waals surface area contributed by atoms with Gasteiger partial charge >= 0.3 is 0 Å². The van der Waals surface area contributed by atoms with E-state index in [1.807, 2.05) is 23.7 Å². The SMILES string of the molecule is Oc1ccc(CCCNC2CCN(c3nccs3)CC2)cc1. The maximum absolute atomic E-state index is 9.27. The lowest BCUT2D eigenvalue weighted by atomic mass is 10.0. The Balaban J connectivity index is 1.33. The molecule has 1 aliphatic rings. The molecule has 0 radical (unpaired) electrons. The first-order chi connectivity index (χ1) is 10.8. The molecule has 0 atom stereocenters. The summed E-state index contributed by atoms with van der Waals surface area (Å²) < 4.78 is 0. The zero-order valence-corrected chi connectivity index (χ0v) is 13.6. The van der Waals surface area contributed by atoms with Crippen molar-refractivity contribution < 1.29 is 5.11 Å². The second-order valence-electron chi connectivity index (χ2n) is 5.80. The normalized spacial score (nSPS) is 16.1. The molecule has 3 rings (SSSR count). The molecule has 0 spiro atoms. The molecule has 2 N–H and O–H groups in total. The van der Waals surface area contributed by atoms with Crippen LogP contribution in [-0.2, 0) is 6.42 Å². The van der Waals surface area contributed by atoms with Crippen LogP contribution >= 0.6 is 11.3 Å². The summed E-state index contributed by atoms with van der Waals surface area (Å²) in [6, 6.07) is 8.16. The average molecular weight is 317 g/mol. The van der Waals surface area contributed by atoms with Crippen molar-refractivity contribution in [2.75, 3.05) is 24.5 Å². The van der Waals surface area contributed by atoms with Crippen LogP contribution in [-0.4, -0.2) is 35.8 Å². The summed E-state index contributed by atoms with van der Waals surface area (Å²) >= 11 is 1.73. The molecule has 4 nitrogen and oxygen atoms in total. The van der Waals surface area contributed by atoms with Gasteiger partial charge in [-0.3, -0.25) is 0 Å². The van der Waals surface area contributed by atoms with Crippen molar-refractivity contribution in [1.82, 2.24) is 10.3 Å². The van der Waals surface area contributed by atoms with Gasteiger partial charge in [-0.1, -0.05) is 12.1 Å². The lowest BCUT2D eigenvalue weighted by Crippen LogP contribution is -2.42. The van der Waals surface area contributed by atoms with Crippen molar-refractivity contribution in [3.8, 4) is 5.75 Å². The molecule has 5 heteroatoms. The van der Waals surface area contributed by atoms with E-state index in [1.54, 1.807) is 23.5 Å². The summed E-state index contributed by atoms with van der Waals surface area (Å²) in [6.07, 6.45) is 6.47. The summed E-state index contributed by atoms with van der Waals surface area (Å²) in [5.41, 5.74) is 1.29. The number of anilines is 1. The van der Waals surface area contributed by atoms with Gasteiger partial charge in [-0.25, -0.2) is 4.98 Å². The van der Waals surface area contributed by atoms with Crippen LogP contribution < -0.4 is 10.2 Å². The van der Waals surface area contributed by atoms with Crippen molar-refractivity contribution in [3.63, 3.8) is 0 Å². The summed E-state index contributed by atoms with van der Waals surface area (Å²) in [6.45, 7) is 3.26. The molecule has 118 valence electrons. The summed E-state index contributed by atoms with van der Waals surface area (Å²) in [4.78, 5) is 6.77. The highest BCUT2D eigenvalue weighted by atomic mass is 32.1. The third-order valence-corrected chi connectivity index (χ3v) is 5.03. The minimum absolute atomic E-state index is 0.342. The van der Waals surface area contributed by atoms with Crippen molar-refractivity contribution >= 4 is 16.5 Å². The van der Waals surface area contributed by atoms with Crippen LogP contribution in [0.4, 0.5) is 5.13 Å². The van der Waals surface area contributed by atoms with E-state index in [0.29, 0.717) is 11.8 Å². The number of nitrogens with one attached hydrogen (secondary N) is 1. The first-order valence-electron chi connectivity index (χ1n) is 7.97. The van der Waals surface area contributed by atoms with Crippen LogP contribution in [0.25, 0.3) is 0 Å². The van der Waals surface area contributed by atoms with E-state index in [9.17, 15) is 5.11 Å². The Morgan fingerprint density at radius 2 is 2.00 bits per heavy atom. The monoisotopic (exact) mass is 317 g/mol. The topological polar surface area (TPSA) is 48.4 Å². The Labute approximate surface area is 135 Å². The van der Waals surface area contributed by atoms with Crippen molar-refractivity contribution in [2.45, 2.75) is 31.7 Å². The number of phenolic OH excluding ortho intramolecular Hbond substituents is 1. The second kappa shape index (κ2) is 7.61. The van der Waals surface area contributed by atoms with E-state index in [-0.39, 0.29) is 0 Å². The van der Waals surface area contributed by atoms with Crippen LogP contribution in [0.2, 0.25) is 0 Å². The number of thiazole rings is 1. The number of nitrogens with zero attached hydrogens (tertiary/aromatic N) is 2. The van der Waals surface area contributed by atoms with Gasteiger partial charge in [0, 0.05) is 30.7 Å². The van der Waals surface area contributed by atoms with Gasteiger partial charge < -0.3 is 15.3 Å². The lowest BCUT2D eigenvalue weighted by molar-refractivity contribution is 0.413. The van der Waals surface area contributed by atoms with E-state index < -0.39 is 0 Å². The Morgan fingerprint density at radius 1 is 1.23 bits per heavy atom. The molecule has 0 aliphatic carbocycles. The van der Waals surface area contributed by atoms with Gasteiger partial charge in [0.15, 0.2) is 5.13 Å². The number of aromatic nitrogens is 1. The van der Waals surface area contributed by atoms with E-state index in [2.05, 4.69) is 15.2 Å². The van der Waals surface area contributed by atoms with Crippen LogP contribution in [0, 0.1) is 0 Å². The van der Waals surface area contributed by atoms with Crippen LogP contribution in [0.1, 0.15) is 24.8 Å². The summed E-state index contributed by atoms with van der Waals surface area (Å²) in [5.74, 6) is 0.342. The second-order valence-corrected chi connectivity index (χ2v) is 6.67. The zero-order valence-electron chi connectivity index (χ0n) is 12.7. The Kier molecular flexibility index (Phi) is 5.29. The first kappa shape index (κ1) is 15.3. The summed E-state index contributed by atoms with van der Waals surface area (Å²) in [5, 5.41) is 16.1. The highest BCUT2D eigenvalue weighted by molar-refractivity contribution is 7.13. The fourth-order valence-electron chi connectivity index (χ4n) is 2.91. The molecule has 1 fully saturated rings. The van der Waals surface area contributed by atoms with Gasteiger partial charge in [0.1, 0.15) is 5.75 Å². The highest BCUT2D eigenvalue weighted by Gasteiger charge is 2.19. The molecule has 0 saturated carbocycles. The Bertz CT molecular complexity index is 548. The quantitative estimate of drug-likeness (QED) is 0.804. The van der Waals surface area contributed by atoms with E-state index in [0.717, 1.165) is 37.6 Å². The van der Waals surface area contributed by atoms with Gasteiger partial charge in [0.2, 0.25) is 0 Å². The molecule has 0 unspecified atom stereocenters. The number of rotatable bonds is 6.